The summed E-state index contributed by atoms with van der Waals surface area (Å²) in [5.74, 6) is 0.349. The van der Waals surface area contributed by atoms with Gasteiger partial charge in [-0.2, -0.15) is 0 Å². The Kier molecular flexibility index (Phi) is 4.43. The topological polar surface area (TPSA) is 26.3 Å². The van der Waals surface area contributed by atoms with E-state index >= 15 is 0 Å². The lowest BCUT2D eigenvalue weighted by molar-refractivity contribution is 0.0983. The fourth-order valence-electron chi connectivity index (χ4n) is 1.23. The number of hydrogen-bond acceptors (Lipinski definition) is 2. The lowest BCUT2D eigenvalue weighted by Crippen LogP contribution is -2.14. The second-order valence-electron chi connectivity index (χ2n) is 3.08. The number of hydrogen-bond donors (Lipinski definition) is 0. The van der Waals surface area contributed by atoms with Crippen molar-refractivity contribution in [2.45, 2.75) is 18.7 Å². The summed E-state index contributed by atoms with van der Waals surface area (Å²) >= 11 is 11.7. The van der Waals surface area contributed by atoms with Crippen molar-refractivity contribution in [2.75, 3.05) is 7.11 Å². The maximum atomic E-state index is 11.8. The van der Waals surface area contributed by atoms with Gasteiger partial charge in [0.1, 0.15) is 5.75 Å². The molecule has 1 rings (SSSR count). The quantitative estimate of drug-likeness (QED) is 0.600. The van der Waals surface area contributed by atoms with Gasteiger partial charge in [-0.05, 0) is 24.6 Å². The summed E-state index contributed by atoms with van der Waals surface area (Å²) < 4.78 is 5.08. The highest BCUT2D eigenvalue weighted by Gasteiger charge is 2.19. The summed E-state index contributed by atoms with van der Waals surface area (Å²) in [7, 11) is 1.51. The summed E-state index contributed by atoms with van der Waals surface area (Å²) in [5.41, 5.74) is 0.437. The van der Waals surface area contributed by atoms with E-state index in [9.17, 15) is 4.79 Å². The first kappa shape index (κ1) is 12.3. The molecule has 4 heteroatoms. The molecule has 0 aliphatic rings. The number of methoxy groups -OCH3 is 1. The maximum Gasteiger partial charge on any atom is 0.184 e. The zero-order valence-corrected chi connectivity index (χ0v) is 10.1. The molecular formula is C11H12Cl2O2. The molecule has 0 fully saturated rings. The molecule has 0 aliphatic heterocycles. The molecule has 0 heterocycles. The molecule has 0 N–H and O–H groups in total. The Hall–Kier alpha value is -0.730. The Morgan fingerprint density at radius 3 is 2.73 bits per heavy atom. The predicted octanol–water partition coefficient (Wildman–Crippen LogP) is 3.55. The predicted molar refractivity (Wildman–Crippen MR) is 62.3 cm³/mol. The fraction of sp³-hybridized carbons (Fsp3) is 0.364. The molecule has 1 aromatic rings. The summed E-state index contributed by atoms with van der Waals surface area (Å²) in [6, 6.07) is 4.91. The van der Waals surface area contributed by atoms with Gasteiger partial charge in [-0.3, -0.25) is 4.79 Å². The maximum absolute atomic E-state index is 11.8. The van der Waals surface area contributed by atoms with E-state index in [-0.39, 0.29) is 5.78 Å². The van der Waals surface area contributed by atoms with Crippen molar-refractivity contribution in [3.63, 3.8) is 0 Å². The Morgan fingerprint density at radius 1 is 1.53 bits per heavy atom. The van der Waals surface area contributed by atoms with Crippen LogP contribution in [0.5, 0.6) is 5.75 Å². The van der Waals surface area contributed by atoms with Gasteiger partial charge in [-0.25, -0.2) is 0 Å². The minimum absolute atomic E-state index is 0.154. The van der Waals surface area contributed by atoms with E-state index in [1.807, 2.05) is 6.92 Å². The van der Waals surface area contributed by atoms with Crippen LogP contribution in [0.4, 0.5) is 0 Å². The van der Waals surface area contributed by atoms with Crippen LogP contribution in [0.1, 0.15) is 23.7 Å². The van der Waals surface area contributed by atoms with Gasteiger partial charge < -0.3 is 4.74 Å². The van der Waals surface area contributed by atoms with E-state index in [0.717, 1.165) is 0 Å². The summed E-state index contributed by atoms with van der Waals surface area (Å²) in [6.07, 6.45) is 0.579. The van der Waals surface area contributed by atoms with E-state index in [1.165, 1.54) is 7.11 Å². The second-order valence-corrected chi connectivity index (χ2v) is 4.05. The molecule has 1 aromatic carbocycles. The SMILES string of the molecule is CCC(Cl)C(=O)c1cc(Cl)ccc1OC. The molecule has 0 bridgehead atoms. The minimum atomic E-state index is -0.530. The van der Waals surface area contributed by atoms with Crippen LogP contribution in [-0.2, 0) is 0 Å². The Balaban J connectivity index is 3.11. The van der Waals surface area contributed by atoms with Crippen LogP contribution in [0.25, 0.3) is 0 Å². The van der Waals surface area contributed by atoms with Crippen LogP contribution >= 0.6 is 23.2 Å². The number of ether oxygens (including phenoxy) is 1. The summed E-state index contributed by atoms with van der Waals surface area (Å²) in [5, 5.41) is -0.0310. The number of carbonyl (C=O) groups is 1. The van der Waals surface area contributed by atoms with Gasteiger partial charge in [0.2, 0.25) is 0 Å². The zero-order chi connectivity index (χ0) is 11.4. The van der Waals surface area contributed by atoms with Crippen molar-refractivity contribution in [1.29, 1.82) is 0 Å². The van der Waals surface area contributed by atoms with Crippen LogP contribution in [0.3, 0.4) is 0 Å². The first-order valence-corrected chi connectivity index (χ1v) is 5.43. The van der Waals surface area contributed by atoms with E-state index in [4.69, 9.17) is 27.9 Å². The standard InChI is InChI=1S/C11H12Cl2O2/c1-3-9(13)11(14)8-6-7(12)4-5-10(8)15-2/h4-6,9H,3H2,1-2H3. The van der Waals surface area contributed by atoms with Gasteiger partial charge in [-0.1, -0.05) is 18.5 Å². The molecule has 0 amide bonds. The van der Waals surface area contributed by atoms with Crippen molar-refractivity contribution in [3.05, 3.63) is 28.8 Å². The molecule has 0 saturated heterocycles. The molecule has 0 radical (unpaired) electrons. The molecule has 2 nitrogen and oxygen atoms in total. The number of alkyl halides is 1. The van der Waals surface area contributed by atoms with Crippen molar-refractivity contribution in [1.82, 2.24) is 0 Å². The summed E-state index contributed by atoms with van der Waals surface area (Å²) in [6.45, 7) is 1.85. The normalized spacial score (nSPS) is 12.3. The largest absolute Gasteiger partial charge is 0.496 e. The van der Waals surface area contributed by atoms with Crippen molar-refractivity contribution in [2.24, 2.45) is 0 Å². The first-order valence-electron chi connectivity index (χ1n) is 4.62. The van der Waals surface area contributed by atoms with Gasteiger partial charge in [-0.15, -0.1) is 11.6 Å². The number of halogens is 2. The van der Waals surface area contributed by atoms with E-state index in [0.29, 0.717) is 22.8 Å². The van der Waals surface area contributed by atoms with Crippen molar-refractivity contribution >= 4 is 29.0 Å². The number of Topliss-reactive ketones (excluding diaryl/α,β-unsaturated/α-hetero) is 1. The van der Waals surface area contributed by atoms with Gasteiger partial charge in [0.15, 0.2) is 5.78 Å². The highest BCUT2D eigenvalue weighted by Crippen LogP contribution is 2.25. The number of rotatable bonds is 4. The van der Waals surface area contributed by atoms with E-state index < -0.39 is 5.38 Å². The Labute approximate surface area is 99.1 Å². The fourth-order valence-corrected chi connectivity index (χ4v) is 1.52. The second kappa shape index (κ2) is 5.38. The monoisotopic (exact) mass is 246 g/mol. The first-order chi connectivity index (χ1) is 7.10. The number of carbonyl (C=O) groups excluding carboxylic acids is 1. The molecule has 1 unspecified atom stereocenters. The molecule has 1 atom stereocenters. The molecule has 82 valence electrons. The summed E-state index contributed by atoms with van der Waals surface area (Å²) in [4.78, 5) is 11.8. The van der Waals surface area contributed by atoms with Crippen molar-refractivity contribution < 1.29 is 9.53 Å². The lowest BCUT2D eigenvalue weighted by atomic mass is 10.1. The van der Waals surface area contributed by atoms with Gasteiger partial charge in [0.05, 0.1) is 18.1 Å². The molecule has 0 aliphatic carbocycles. The average molecular weight is 247 g/mol. The molecule has 0 saturated carbocycles. The number of benzene rings is 1. The third kappa shape index (κ3) is 2.86. The molecule has 15 heavy (non-hydrogen) atoms. The van der Waals surface area contributed by atoms with Gasteiger partial charge >= 0.3 is 0 Å². The number of ketones is 1. The zero-order valence-electron chi connectivity index (χ0n) is 8.59. The molecule has 0 spiro atoms. The smallest absolute Gasteiger partial charge is 0.184 e. The van der Waals surface area contributed by atoms with E-state index in [2.05, 4.69) is 0 Å². The van der Waals surface area contributed by atoms with Crippen LogP contribution in [0.2, 0.25) is 5.02 Å². The lowest BCUT2D eigenvalue weighted by Gasteiger charge is -2.10. The Morgan fingerprint density at radius 2 is 2.20 bits per heavy atom. The van der Waals surface area contributed by atoms with E-state index in [1.54, 1.807) is 18.2 Å². The third-order valence-corrected chi connectivity index (χ3v) is 2.81. The highest BCUT2D eigenvalue weighted by molar-refractivity contribution is 6.35. The van der Waals surface area contributed by atoms with Crippen LogP contribution in [0.15, 0.2) is 18.2 Å². The van der Waals surface area contributed by atoms with Gasteiger partial charge in [0, 0.05) is 5.02 Å². The third-order valence-electron chi connectivity index (χ3n) is 2.07. The Bertz CT molecular complexity index is 364. The highest BCUT2D eigenvalue weighted by atomic mass is 35.5. The van der Waals surface area contributed by atoms with Crippen LogP contribution in [-0.4, -0.2) is 18.3 Å². The average Bonchev–Trinajstić information content (AvgIpc) is 2.27. The molecular weight excluding hydrogens is 235 g/mol. The minimum Gasteiger partial charge on any atom is -0.496 e. The van der Waals surface area contributed by atoms with Crippen LogP contribution in [0, 0.1) is 0 Å². The van der Waals surface area contributed by atoms with Gasteiger partial charge in [0.25, 0.3) is 0 Å². The van der Waals surface area contributed by atoms with Crippen molar-refractivity contribution in [3.8, 4) is 5.75 Å². The molecule has 0 aromatic heterocycles. The van der Waals surface area contributed by atoms with Crippen LogP contribution < -0.4 is 4.74 Å².